The molecule has 2 aromatic rings. The standard InChI is InChI=1S/C22H23Cl2FO3S/c1-12-17(23)9-13(10-19(12)25)5-7-16-15(18(24)11-20(16)26)4-2-3-14-6-8-21(29-14)22(27)28/h5-10,15-16,18,20,26H,2-4,11H2,1H3,(H,27,28)/t15-,16-,18-,20-/m1/s1. The third kappa shape index (κ3) is 5.40. The van der Waals surface area contributed by atoms with Gasteiger partial charge in [0.05, 0.1) is 6.10 Å². The van der Waals surface area contributed by atoms with Gasteiger partial charge in [0.1, 0.15) is 10.7 Å². The van der Waals surface area contributed by atoms with Gasteiger partial charge in [-0.2, -0.15) is 0 Å². The summed E-state index contributed by atoms with van der Waals surface area (Å²) >= 11 is 13.9. The number of hydrogen-bond acceptors (Lipinski definition) is 3. The fourth-order valence-corrected chi connectivity index (χ4v) is 5.44. The molecule has 7 heteroatoms. The Morgan fingerprint density at radius 2 is 2.14 bits per heavy atom. The molecule has 0 amide bonds. The van der Waals surface area contributed by atoms with Gasteiger partial charge in [0.2, 0.25) is 0 Å². The second-order valence-corrected chi connectivity index (χ2v) is 9.63. The van der Waals surface area contributed by atoms with Gasteiger partial charge in [-0.3, -0.25) is 0 Å². The number of carboxylic acids is 1. The second-order valence-electron chi connectivity index (χ2n) is 7.49. The van der Waals surface area contributed by atoms with Crippen LogP contribution in [0, 0.1) is 24.6 Å². The number of aryl methyl sites for hydroxylation is 1. The Bertz CT molecular complexity index is 888. The van der Waals surface area contributed by atoms with E-state index in [1.54, 1.807) is 25.1 Å². The van der Waals surface area contributed by atoms with Crippen LogP contribution in [0.5, 0.6) is 0 Å². The number of hydrogen-bond donors (Lipinski definition) is 2. The Balaban J connectivity index is 1.64. The number of thiophene rings is 1. The Kier molecular flexibility index (Phi) is 7.38. The summed E-state index contributed by atoms with van der Waals surface area (Å²) in [5.41, 5.74) is 1.07. The van der Waals surface area contributed by atoms with Crippen molar-refractivity contribution in [2.75, 3.05) is 0 Å². The second kappa shape index (κ2) is 9.61. The first kappa shape index (κ1) is 22.3. The molecular formula is C22H23Cl2FO3S. The first-order chi connectivity index (χ1) is 13.8. The SMILES string of the molecule is Cc1c(F)cc(C=C[C@@H]2[C@@H](CCCc3ccc(C(=O)O)s3)[C@H](Cl)C[C@H]2O)cc1Cl. The van der Waals surface area contributed by atoms with Crippen molar-refractivity contribution in [3.05, 3.63) is 62.1 Å². The van der Waals surface area contributed by atoms with Crippen LogP contribution < -0.4 is 0 Å². The van der Waals surface area contributed by atoms with Gasteiger partial charge in [-0.05, 0) is 68.4 Å². The third-order valence-electron chi connectivity index (χ3n) is 5.52. The van der Waals surface area contributed by atoms with Crippen LogP contribution in [0.2, 0.25) is 5.02 Å². The number of aromatic carboxylic acids is 1. The van der Waals surface area contributed by atoms with Crippen molar-refractivity contribution in [3.8, 4) is 0 Å². The third-order valence-corrected chi connectivity index (χ3v) is 7.54. The van der Waals surface area contributed by atoms with E-state index in [2.05, 4.69) is 0 Å². The zero-order chi connectivity index (χ0) is 21.1. The molecule has 0 unspecified atom stereocenters. The summed E-state index contributed by atoms with van der Waals surface area (Å²) in [7, 11) is 0. The zero-order valence-electron chi connectivity index (χ0n) is 15.9. The minimum atomic E-state index is -0.904. The summed E-state index contributed by atoms with van der Waals surface area (Å²) < 4.78 is 13.9. The molecule has 3 nitrogen and oxygen atoms in total. The van der Waals surface area contributed by atoms with Crippen molar-refractivity contribution in [3.63, 3.8) is 0 Å². The van der Waals surface area contributed by atoms with Crippen LogP contribution in [0.3, 0.4) is 0 Å². The molecule has 29 heavy (non-hydrogen) atoms. The van der Waals surface area contributed by atoms with Crippen LogP contribution in [0.15, 0.2) is 30.3 Å². The number of aliphatic hydroxyl groups excluding tert-OH is 1. The van der Waals surface area contributed by atoms with E-state index in [-0.39, 0.29) is 23.0 Å². The summed E-state index contributed by atoms with van der Waals surface area (Å²) in [6.45, 7) is 1.63. The van der Waals surface area contributed by atoms with Gasteiger partial charge >= 0.3 is 5.97 Å². The number of carbonyl (C=O) groups is 1. The van der Waals surface area contributed by atoms with Gasteiger partial charge in [0, 0.05) is 26.8 Å². The van der Waals surface area contributed by atoms with Crippen molar-refractivity contribution >= 4 is 46.6 Å². The largest absolute Gasteiger partial charge is 0.477 e. The molecule has 0 bridgehead atoms. The topological polar surface area (TPSA) is 57.5 Å². The number of rotatable bonds is 7. The Labute approximate surface area is 183 Å². The lowest BCUT2D eigenvalue weighted by atomic mass is 9.89. The van der Waals surface area contributed by atoms with Gasteiger partial charge in [-0.25, -0.2) is 9.18 Å². The van der Waals surface area contributed by atoms with Crippen LogP contribution in [0.25, 0.3) is 6.08 Å². The van der Waals surface area contributed by atoms with E-state index >= 15 is 0 Å². The molecule has 1 fully saturated rings. The summed E-state index contributed by atoms with van der Waals surface area (Å²) in [6, 6.07) is 6.62. The highest BCUT2D eigenvalue weighted by atomic mass is 35.5. The fourth-order valence-electron chi connectivity index (χ4n) is 3.86. The van der Waals surface area contributed by atoms with Gasteiger partial charge in [-0.1, -0.05) is 23.8 Å². The van der Waals surface area contributed by atoms with Crippen LogP contribution in [0.4, 0.5) is 4.39 Å². The van der Waals surface area contributed by atoms with E-state index in [1.807, 2.05) is 12.1 Å². The lowest BCUT2D eigenvalue weighted by molar-refractivity contribution is 0.0702. The molecule has 4 atom stereocenters. The molecule has 2 N–H and O–H groups in total. The van der Waals surface area contributed by atoms with E-state index in [9.17, 15) is 14.3 Å². The smallest absolute Gasteiger partial charge is 0.345 e. The minimum Gasteiger partial charge on any atom is -0.477 e. The molecule has 1 saturated carbocycles. The predicted octanol–water partition coefficient (Wildman–Crippen LogP) is 6.19. The van der Waals surface area contributed by atoms with Gasteiger partial charge in [-0.15, -0.1) is 22.9 Å². The maximum atomic E-state index is 13.9. The number of carboxylic acid groups (broad SMARTS) is 1. The first-order valence-electron chi connectivity index (χ1n) is 9.54. The van der Waals surface area contributed by atoms with Crippen molar-refractivity contribution in [1.29, 1.82) is 0 Å². The number of aliphatic hydroxyl groups is 1. The Morgan fingerprint density at radius 1 is 1.38 bits per heavy atom. The fraction of sp³-hybridized carbons (Fsp3) is 0.409. The van der Waals surface area contributed by atoms with E-state index in [0.29, 0.717) is 27.4 Å². The number of alkyl halides is 1. The molecular weight excluding hydrogens is 434 g/mol. The molecule has 1 aliphatic carbocycles. The molecule has 0 radical (unpaired) electrons. The summed E-state index contributed by atoms with van der Waals surface area (Å²) in [5.74, 6) is -1.27. The molecule has 0 saturated heterocycles. The van der Waals surface area contributed by atoms with Crippen molar-refractivity contribution in [1.82, 2.24) is 0 Å². The maximum absolute atomic E-state index is 13.9. The molecule has 1 aromatic heterocycles. The first-order valence-corrected chi connectivity index (χ1v) is 11.2. The van der Waals surface area contributed by atoms with Gasteiger partial charge < -0.3 is 10.2 Å². The number of halogens is 3. The molecule has 1 heterocycles. The maximum Gasteiger partial charge on any atom is 0.345 e. The molecule has 0 aliphatic heterocycles. The highest BCUT2D eigenvalue weighted by Crippen LogP contribution is 2.40. The molecule has 3 rings (SSSR count). The lowest BCUT2D eigenvalue weighted by Gasteiger charge is -2.20. The minimum absolute atomic E-state index is 0.104. The van der Waals surface area contributed by atoms with E-state index < -0.39 is 12.1 Å². The van der Waals surface area contributed by atoms with Crippen molar-refractivity contribution < 1.29 is 19.4 Å². The molecule has 1 aliphatic rings. The lowest BCUT2D eigenvalue weighted by Crippen LogP contribution is -2.18. The van der Waals surface area contributed by atoms with Crippen LogP contribution in [-0.4, -0.2) is 27.7 Å². The Hall–Kier alpha value is -1.40. The molecule has 156 valence electrons. The van der Waals surface area contributed by atoms with E-state index in [4.69, 9.17) is 28.3 Å². The van der Waals surface area contributed by atoms with E-state index in [0.717, 1.165) is 24.1 Å². The quantitative estimate of drug-likeness (QED) is 0.488. The monoisotopic (exact) mass is 456 g/mol. The van der Waals surface area contributed by atoms with E-state index in [1.165, 1.54) is 17.4 Å². The van der Waals surface area contributed by atoms with Gasteiger partial charge in [0.15, 0.2) is 0 Å². The normalized spacial score (nSPS) is 24.4. The summed E-state index contributed by atoms with van der Waals surface area (Å²) in [5, 5.41) is 19.7. The van der Waals surface area contributed by atoms with Crippen molar-refractivity contribution in [2.24, 2.45) is 11.8 Å². The molecule has 1 aromatic carbocycles. The summed E-state index contributed by atoms with van der Waals surface area (Å²) in [6.07, 6.45) is 6.15. The zero-order valence-corrected chi connectivity index (χ0v) is 18.3. The molecule has 0 spiro atoms. The van der Waals surface area contributed by atoms with Gasteiger partial charge in [0.25, 0.3) is 0 Å². The van der Waals surface area contributed by atoms with Crippen LogP contribution in [0.1, 0.15) is 44.9 Å². The van der Waals surface area contributed by atoms with Crippen LogP contribution in [-0.2, 0) is 6.42 Å². The average Bonchev–Trinajstić information content (AvgIpc) is 3.23. The highest BCUT2D eigenvalue weighted by molar-refractivity contribution is 7.13. The van der Waals surface area contributed by atoms with Crippen molar-refractivity contribution in [2.45, 2.75) is 44.1 Å². The average molecular weight is 457 g/mol. The predicted molar refractivity (Wildman–Crippen MR) is 117 cm³/mol. The summed E-state index contributed by atoms with van der Waals surface area (Å²) in [4.78, 5) is 12.4. The Morgan fingerprint density at radius 3 is 2.79 bits per heavy atom. The van der Waals surface area contributed by atoms with Crippen LogP contribution >= 0.6 is 34.5 Å². The highest BCUT2D eigenvalue weighted by Gasteiger charge is 2.39. The number of benzene rings is 1.